The Morgan fingerprint density at radius 3 is 2.34 bits per heavy atom. The molecule has 2 amide bonds. The van der Waals surface area contributed by atoms with E-state index in [0.717, 1.165) is 37.8 Å². The highest BCUT2D eigenvalue weighted by Gasteiger charge is 2.40. The monoisotopic (exact) mass is 507 g/mol. The number of non-ortho nitro benzene ring substituents is 1. The van der Waals surface area contributed by atoms with Crippen molar-refractivity contribution in [1.82, 2.24) is 14.7 Å². The first-order valence-corrected chi connectivity index (χ1v) is 12.5. The van der Waals surface area contributed by atoms with E-state index in [0.29, 0.717) is 22.4 Å². The lowest BCUT2D eigenvalue weighted by molar-refractivity contribution is -0.384. The molecule has 0 unspecified atom stereocenters. The lowest BCUT2D eigenvalue weighted by atomic mass is 9.88. The van der Waals surface area contributed by atoms with E-state index in [9.17, 15) is 25.0 Å². The zero-order valence-electron chi connectivity index (χ0n) is 20.8. The standard InChI is InChI=1S/C29H25N5O4/c1-19-25(28(35)33(29(36)26(19)17-30)23-10-6-3-7-11-23)16-21-18-32(22-8-4-2-5-9-22)31-27(21)20-12-14-24(15-13-20)34(37)38/h2,4-5,8-9,12-16,18,23H,3,6-7,10-11H2,1H3/b25-16+. The van der Waals surface area contributed by atoms with Crippen LogP contribution < -0.4 is 0 Å². The summed E-state index contributed by atoms with van der Waals surface area (Å²) >= 11 is 0. The number of rotatable bonds is 5. The number of hydrogen-bond acceptors (Lipinski definition) is 6. The molecule has 5 rings (SSSR count). The molecule has 0 bridgehead atoms. The number of carbonyl (C=O) groups excluding carboxylic acids is 2. The Hall–Kier alpha value is -4.84. The number of imide groups is 1. The van der Waals surface area contributed by atoms with Crippen LogP contribution in [-0.4, -0.2) is 37.5 Å². The predicted molar refractivity (Wildman–Crippen MR) is 141 cm³/mol. The zero-order valence-corrected chi connectivity index (χ0v) is 20.8. The predicted octanol–water partition coefficient (Wildman–Crippen LogP) is 5.37. The van der Waals surface area contributed by atoms with E-state index < -0.39 is 16.7 Å². The van der Waals surface area contributed by atoms with E-state index in [1.165, 1.54) is 17.0 Å². The molecule has 1 aromatic heterocycles. The second-order valence-corrected chi connectivity index (χ2v) is 9.46. The van der Waals surface area contributed by atoms with Gasteiger partial charge in [-0.25, -0.2) is 4.68 Å². The van der Waals surface area contributed by atoms with Crippen molar-refractivity contribution in [1.29, 1.82) is 5.26 Å². The average Bonchev–Trinajstić information content (AvgIpc) is 3.36. The Kier molecular flexibility index (Phi) is 6.71. The van der Waals surface area contributed by atoms with Crippen molar-refractivity contribution in [3.63, 3.8) is 0 Å². The van der Waals surface area contributed by atoms with E-state index in [4.69, 9.17) is 5.10 Å². The fourth-order valence-corrected chi connectivity index (χ4v) is 5.10. The van der Waals surface area contributed by atoms with Crippen LogP contribution in [0, 0.1) is 21.4 Å². The maximum absolute atomic E-state index is 13.7. The summed E-state index contributed by atoms with van der Waals surface area (Å²) in [5, 5.41) is 25.7. The number of amides is 2. The van der Waals surface area contributed by atoms with E-state index in [-0.39, 0.29) is 22.9 Å². The van der Waals surface area contributed by atoms with Crippen molar-refractivity contribution >= 4 is 23.6 Å². The van der Waals surface area contributed by atoms with Crippen LogP contribution in [0.25, 0.3) is 23.0 Å². The first kappa shape index (κ1) is 24.8. The number of nitrogens with zero attached hydrogens (tertiary/aromatic N) is 5. The summed E-state index contributed by atoms with van der Waals surface area (Å²) in [5.41, 5.74) is 3.03. The molecule has 9 nitrogen and oxygen atoms in total. The highest BCUT2D eigenvalue weighted by Crippen LogP contribution is 2.34. The highest BCUT2D eigenvalue weighted by molar-refractivity contribution is 6.20. The Morgan fingerprint density at radius 1 is 1.03 bits per heavy atom. The van der Waals surface area contributed by atoms with Crippen molar-refractivity contribution < 1.29 is 14.5 Å². The third-order valence-electron chi connectivity index (χ3n) is 7.13. The maximum atomic E-state index is 13.7. The fourth-order valence-electron chi connectivity index (χ4n) is 5.10. The van der Waals surface area contributed by atoms with Gasteiger partial charge in [0.15, 0.2) is 0 Å². The molecule has 9 heteroatoms. The number of nitro groups is 1. The summed E-state index contributed by atoms with van der Waals surface area (Å²) in [6.45, 7) is 1.62. The van der Waals surface area contributed by atoms with Crippen LogP contribution in [0.2, 0.25) is 0 Å². The molecule has 0 saturated heterocycles. The summed E-state index contributed by atoms with van der Waals surface area (Å²) in [5.74, 6) is -0.949. The van der Waals surface area contributed by atoms with Gasteiger partial charge in [-0.15, -0.1) is 0 Å². The first-order chi connectivity index (χ1) is 18.4. The van der Waals surface area contributed by atoms with Gasteiger partial charge < -0.3 is 0 Å². The quantitative estimate of drug-likeness (QED) is 0.198. The summed E-state index contributed by atoms with van der Waals surface area (Å²) < 4.78 is 1.67. The number of benzene rings is 2. The van der Waals surface area contributed by atoms with Gasteiger partial charge >= 0.3 is 0 Å². The maximum Gasteiger partial charge on any atom is 0.271 e. The molecule has 2 aromatic carbocycles. The van der Waals surface area contributed by atoms with Crippen LogP contribution in [0.5, 0.6) is 0 Å². The van der Waals surface area contributed by atoms with E-state index >= 15 is 0 Å². The van der Waals surface area contributed by atoms with Gasteiger partial charge in [0.05, 0.1) is 16.3 Å². The van der Waals surface area contributed by atoms with Crippen LogP contribution in [0.4, 0.5) is 5.69 Å². The Morgan fingerprint density at radius 2 is 1.71 bits per heavy atom. The summed E-state index contributed by atoms with van der Waals surface area (Å²) in [6, 6.07) is 17.2. The Labute approximate surface area is 219 Å². The van der Waals surface area contributed by atoms with Gasteiger partial charge in [-0.1, -0.05) is 37.5 Å². The normalized spacial score (nSPS) is 17.7. The minimum absolute atomic E-state index is 0.0336. The van der Waals surface area contributed by atoms with E-state index in [1.807, 2.05) is 36.4 Å². The summed E-state index contributed by atoms with van der Waals surface area (Å²) in [4.78, 5) is 38.9. The number of para-hydroxylation sites is 1. The van der Waals surface area contributed by atoms with Crippen molar-refractivity contribution in [3.8, 4) is 23.0 Å². The van der Waals surface area contributed by atoms with Crippen LogP contribution in [-0.2, 0) is 9.59 Å². The molecule has 190 valence electrons. The lowest BCUT2D eigenvalue weighted by Crippen LogP contribution is -2.49. The molecule has 1 aliphatic heterocycles. The third-order valence-corrected chi connectivity index (χ3v) is 7.13. The molecule has 2 aliphatic rings. The van der Waals surface area contributed by atoms with E-state index in [1.54, 1.807) is 36.0 Å². The molecular weight excluding hydrogens is 482 g/mol. The molecule has 1 aliphatic carbocycles. The number of aromatic nitrogens is 2. The summed E-state index contributed by atoms with van der Waals surface area (Å²) in [6.07, 6.45) is 7.81. The Balaban J connectivity index is 1.66. The number of hydrogen-bond donors (Lipinski definition) is 0. The van der Waals surface area contributed by atoms with Gasteiger partial charge in [0.2, 0.25) is 0 Å². The van der Waals surface area contributed by atoms with Crippen molar-refractivity contribution in [2.75, 3.05) is 0 Å². The zero-order chi connectivity index (χ0) is 26.8. The van der Waals surface area contributed by atoms with Gasteiger partial charge in [0.25, 0.3) is 17.5 Å². The molecule has 38 heavy (non-hydrogen) atoms. The minimum atomic E-state index is -0.533. The molecular formula is C29H25N5O4. The lowest BCUT2D eigenvalue weighted by Gasteiger charge is -2.36. The second-order valence-electron chi connectivity index (χ2n) is 9.46. The largest absolute Gasteiger partial charge is 0.271 e. The van der Waals surface area contributed by atoms with Gasteiger partial charge in [-0.2, -0.15) is 10.4 Å². The van der Waals surface area contributed by atoms with Gasteiger partial charge in [0, 0.05) is 41.1 Å². The fraction of sp³-hybridized carbons (Fsp3) is 0.241. The molecule has 0 spiro atoms. The van der Waals surface area contributed by atoms with Crippen LogP contribution in [0.3, 0.4) is 0 Å². The third kappa shape index (κ3) is 4.52. The van der Waals surface area contributed by atoms with Crippen molar-refractivity contribution in [3.05, 3.63) is 93.2 Å². The van der Waals surface area contributed by atoms with Crippen LogP contribution in [0.1, 0.15) is 44.6 Å². The highest BCUT2D eigenvalue weighted by atomic mass is 16.6. The topological polar surface area (TPSA) is 122 Å². The average molecular weight is 508 g/mol. The molecule has 0 atom stereocenters. The number of nitriles is 1. The van der Waals surface area contributed by atoms with Gasteiger partial charge in [-0.3, -0.25) is 24.6 Å². The number of carbonyl (C=O) groups is 2. The van der Waals surface area contributed by atoms with Gasteiger partial charge in [0.1, 0.15) is 11.6 Å². The molecule has 0 N–H and O–H groups in total. The van der Waals surface area contributed by atoms with E-state index in [2.05, 4.69) is 0 Å². The van der Waals surface area contributed by atoms with Gasteiger partial charge in [-0.05, 0) is 55.7 Å². The molecule has 1 fully saturated rings. The van der Waals surface area contributed by atoms with Crippen molar-refractivity contribution in [2.45, 2.75) is 45.1 Å². The van der Waals surface area contributed by atoms with Crippen molar-refractivity contribution in [2.24, 2.45) is 0 Å². The number of nitro benzene ring substituents is 1. The minimum Gasteiger partial charge on any atom is -0.271 e. The van der Waals surface area contributed by atoms with Crippen LogP contribution >= 0.6 is 0 Å². The molecule has 2 heterocycles. The first-order valence-electron chi connectivity index (χ1n) is 12.5. The second kappa shape index (κ2) is 10.3. The molecule has 3 aromatic rings. The Bertz CT molecular complexity index is 1520. The molecule has 1 saturated carbocycles. The SMILES string of the molecule is CC1=C(C#N)C(=O)N(C2CCCCC2)C(=O)/C1=C/c1cn(-c2ccccc2)nc1-c1ccc([N+](=O)[O-])cc1. The molecule has 0 radical (unpaired) electrons. The summed E-state index contributed by atoms with van der Waals surface area (Å²) in [7, 11) is 0. The smallest absolute Gasteiger partial charge is 0.271 e. The van der Waals surface area contributed by atoms with Crippen LogP contribution in [0.15, 0.2) is 77.5 Å².